The predicted octanol–water partition coefficient (Wildman–Crippen LogP) is 2.14. The fourth-order valence-electron chi connectivity index (χ4n) is 2.49. The number of piperidine rings is 1. The molecule has 21 heavy (non-hydrogen) atoms. The van der Waals surface area contributed by atoms with Crippen LogP contribution in [0.1, 0.15) is 31.9 Å². The molecule has 0 bridgehead atoms. The van der Waals surface area contributed by atoms with Crippen LogP contribution in [-0.2, 0) is 16.6 Å². The lowest BCUT2D eigenvalue weighted by atomic mass is 10.1. The number of sulfonamides is 1. The van der Waals surface area contributed by atoms with Crippen LogP contribution in [0, 0.1) is 0 Å². The first kappa shape index (κ1) is 16.9. The van der Waals surface area contributed by atoms with Crippen molar-refractivity contribution in [1.29, 1.82) is 0 Å². The van der Waals surface area contributed by atoms with Gasteiger partial charge in [-0.2, -0.15) is 0 Å². The molecule has 2 rings (SSSR count). The maximum atomic E-state index is 12.0. The summed E-state index contributed by atoms with van der Waals surface area (Å²) < 4.78 is 26.6. The monoisotopic (exact) mass is 375 g/mol. The third-order valence-electron chi connectivity index (χ3n) is 3.67. The predicted molar refractivity (Wildman–Crippen MR) is 87.4 cm³/mol. The Hall–Kier alpha value is -0.500. The van der Waals surface area contributed by atoms with E-state index in [-0.39, 0.29) is 5.75 Å². The average Bonchev–Trinajstić information content (AvgIpc) is 2.47. The Kier molecular flexibility index (Phi) is 6.16. The third kappa shape index (κ3) is 5.02. The number of hydrogen-bond donors (Lipinski definition) is 1. The number of halogens is 1. The van der Waals surface area contributed by atoms with Crippen LogP contribution in [0.3, 0.4) is 0 Å². The Morgan fingerprint density at radius 2 is 2.10 bits per heavy atom. The maximum Gasteiger partial charge on any atom is 0.214 e. The maximum absolute atomic E-state index is 12.0. The van der Waals surface area contributed by atoms with Crippen molar-refractivity contribution in [1.82, 2.24) is 14.6 Å². The van der Waals surface area contributed by atoms with E-state index in [1.165, 1.54) is 0 Å². The molecule has 7 heteroatoms. The van der Waals surface area contributed by atoms with Crippen LogP contribution in [-0.4, -0.2) is 42.6 Å². The molecule has 1 saturated heterocycles. The molecule has 1 aliphatic rings. The summed E-state index contributed by atoms with van der Waals surface area (Å²) in [5.41, 5.74) is 0.999. The molecule has 1 aliphatic heterocycles. The summed E-state index contributed by atoms with van der Waals surface area (Å²) in [5, 5.41) is 3.46. The average molecular weight is 376 g/mol. The van der Waals surface area contributed by atoms with Crippen molar-refractivity contribution < 1.29 is 8.42 Å². The summed E-state index contributed by atoms with van der Waals surface area (Å²) >= 11 is 3.37. The zero-order chi connectivity index (χ0) is 15.3. The lowest BCUT2D eigenvalue weighted by molar-refractivity contribution is 0.288. The van der Waals surface area contributed by atoms with Gasteiger partial charge in [-0.3, -0.25) is 4.98 Å². The highest BCUT2D eigenvalue weighted by molar-refractivity contribution is 9.10. The summed E-state index contributed by atoms with van der Waals surface area (Å²) in [5.74, 6) is 0.258. The van der Waals surface area contributed by atoms with Gasteiger partial charge in [0.25, 0.3) is 0 Å². The highest BCUT2D eigenvalue weighted by Crippen LogP contribution is 2.15. The van der Waals surface area contributed by atoms with Crippen LogP contribution in [0.15, 0.2) is 22.8 Å². The lowest BCUT2D eigenvalue weighted by Gasteiger charge is -2.31. The van der Waals surface area contributed by atoms with E-state index in [1.54, 1.807) is 10.5 Å². The van der Waals surface area contributed by atoms with Gasteiger partial charge in [0.15, 0.2) is 0 Å². The second kappa shape index (κ2) is 7.67. The van der Waals surface area contributed by atoms with Crippen molar-refractivity contribution in [2.24, 2.45) is 0 Å². The summed E-state index contributed by atoms with van der Waals surface area (Å²) in [7, 11) is -3.04. The molecular formula is C14H22BrN3O2S. The quantitative estimate of drug-likeness (QED) is 0.827. The molecule has 1 aromatic rings. The highest BCUT2D eigenvalue weighted by Gasteiger charge is 2.26. The molecule has 0 radical (unpaired) electrons. The molecule has 0 aliphatic carbocycles. The van der Waals surface area contributed by atoms with E-state index >= 15 is 0 Å². The molecule has 1 fully saturated rings. The van der Waals surface area contributed by atoms with Gasteiger partial charge in [-0.15, -0.1) is 0 Å². The van der Waals surface area contributed by atoms with E-state index in [1.807, 2.05) is 19.1 Å². The molecule has 2 heterocycles. The van der Waals surface area contributed by atoms with Crippen molar-refractivity contribution in [3.63, 3.8) is 0 Å². The Balaban J connectivity index is 1.78. The van der Waals surface area contributed by atoms with Gasteiger partial charge in [0.05, 0.1) is 11.4 Å². The lowest BCUT2D eigenvalue weighted by Crippen LogP contribution is -2.45. The first-order valence-electron chi connectivity index (χ1n) is 7.33. The molecule has 0 unspecified atom stereocenters. The highest BCUT2D eigenvalue weighted by atomic mass is 79.9. The van der Waals surface area contributed by atoms with E-state index in [4.69, 9.17) is 0 Å². The second-order valence-electron chi connectivity index (χ2n) is 5.34. The van der Waals surface area contributed by atoms with Crippen LogP contribution in [0.25, 0.3) is 0 Å². The molecule has 0 aromatic carbocycles. The van der Waals surface area contributed by atoms with Gasteiger partial charge in [-0.05, 0) is 47.3 Å². The van der Waals surface area contributed by atoms with E-state index in [9.17, 15) is 8.42 Å². The fourth-order valence-corrected chi connectivity index (χ4v) is 4.26. The third-order valence-corrected chi connectivity index (χ3v) is 6.22. The zero-order valence-electron chi connectivity index (χ0n) is 12.3. The Morgan fingerprint density at radius 3 is 2.67 bits per heavy atom. The minimum Gasteiger partial charge on any atom is -0.308 e. The van der Waals surface area contributed by atoms with Crippen molar-refractivity contribution in [2.45, 2.75) is 38.8 Å². The SMILES string of the molecule is CCCS(=O)(=O)N1CCC(NCc2ccc(Br)cn2)CC1. The molecule has 0 saturated carbocycles. The first-order valence-corrected chi connectivity index (χ1v) is 9.73. The van der Waals surface area contributed by atoms with Gasteiger partial charge in [0, 0.05) is 36.3 Å². The summed E-state index contributed by atoms with van der Waals surface area (Å²) in [4.78, 5) is 4.33. The molecule has 1 N–H and O–H groups in total. The molecule has 0 atom stereocenters. The van der Waals surface area contributed by atoms with E-state index in [0.717, 1.165) is 29.6 Å². The molecule has 5 nitrogen and oxygen atoms in total. The Morgan fingerprint density at radius 1 is 1.38 bits per heavy atom. The van der Waals surface area contributed by atoms with Crippen LogP contribution in [0.4, 0.5) is 0 Å². The Labute approximate surface area is 135 Å². The van der Waals surface area contributed by atoms with Crippen LogP contribution in [0.5, 0.6) is 0 Å². The number of nitrogens with one attached hydrogen (secondary N) is 1. The molecular weight excluding hydrogens is 354 g/mol. The van der Waals surface area contributed by atoms with Gasteiger partial charge in [-0.25, -0.2) is 12.7 Å². The van der Waals surface area contributed by atoms with Crippen molar-refractivity contribution in [2.75, 3.05) is 18.8 Å². The van der Waals surface area contributed by atoms with Crippen molar-refractivity contribution >= 4 is 26.0 Å². The van der Waals surface area contributed by atoms with Gasteiger partial charge < -0.3 is 5.32 Å². The van der Waals surface area contributed by atoms with Crippen LogP contribution in [0.2, 0.25) is 0 Å². The second-order valence-corrected chi connectivity index (χ2v) is 8.34. The minimum absolute atomic E-state index is 0.258. The summed E-state index contributed by atoms with van der Waals surface area (Å²) in [6.45, 7) is 3.86. The molecule has 118 valence electrons. The van der Waals surface area contributed by atoms with E-state index in [2.05, 4.69) is 26.2 Å². The largest absolute Gasteiger partial charge is 0.308 e. The smallest absolute Gasteiger partial charge is 0.214 e. The van der Waals surface area contributed by atoms with Gasteiger partial charge >= 0.3 is 0 Å². The van der Waals surface area contributed by atoms with Crippen LogP contribution >= 0.6 is 15.9 Å². The zero-order valence-corrected chi connectivity index (χ0v) is 14.7. The molecule has 1 aromatic heterocycles. The van der Waals surface area contributed by atoms with Crippen molar-refractivity contribution in [3.05, 3.63) is 28.5 Å². The van der Waals surface area contributed by atoms with Gasteiger partial charge in [-0.1, -0.05) is 6.92 Å². The molecule has 0 spiro atoms. The topological polar surface area (TPSA) is 62.3 Å². The summed E-state index contributed by atoms with van der Waals surface area (Å²) in [6, 6.07) is 4.32. The number of pyridine rings is 1. The summed E-state index contributed by atoms with van der Waals surface area (Å²) in [6.07, 6.45) is 4.19. The van der Waals surface area contributed by atoms with Crippen LogP contribution < -0.4 is 5.32 Å². The standard InChI is InChI=1S/C14H22BrN3O2S/c1-2-9-21(19,20)18-7-5-13(6-8-18)17-11-14-4-3-12(15)10-16-14/h3-4,10,13,17H,2,5-9,11H2,1H3. The van der Waals surface area contributed by atoms with Gasteiger partial charge in [0.2, 0.25) is 10.0 Å². The number of rotatable bonds is 6. The van der Waals surface area contributed by atoms with Crippen molar-refractivity contribution in [3.8, 4) is 0 Å². The number of aromatic nitrogens is 1. The molecule has 0 amide bonds. The number of nitrogens with zero attached hydrogens (tertiary/aromatic N) is 2. The minimum atomic E-state index is -3.04. The number of hydrogen-bond acceptors (Lipinski definition) is 4. The van der Waals surface area contributed by atoms with Gasteiger partial charge in [0.1, 0.15) is 0 Å². The Bertz CT molecular complexity index is 540. The first-order chi connectivity index (χ1) is 10.0. The van der Waals surface area contributed by atoms with E-state index < -0.39 is 10.0 Å². The van der Waals surface area contributed by atoms with E-state index in [0.29, 0.717) is 25.6 Å². The fraction of sp³-hybridized carbons (Fsp3) is 0.643. The normalized spacial score (nSPS) is 18.0.